The summed E-state index contributed by atoms with van der Waals surface area (Å²) in [5.74, 6) is 0.162. The summed E-state index contributed by atoms with van der Waals surface area (Å²) in [6.45, 7) is 2.11. The third-order valence-electron chi connectivity index (χ3n) is 4.42. The molecule has 1 aromatic heterocycles. The molecule has 0 radical (unpaired) electrons. The van der Waals surface area contributed by atoms with Gasteiger partial charge in [0.15, 0.2) is 0 Å². The van der Waals surface area contributed by atoms with Gasteiger partial charge >= 0.3 is 6.03 Å². The first-order chi connectivity index (χ1) is 12.6. The van der Waals surface area contributed by atoms with Gasteiger partial charge in [0.25, 0.3) is 5.91 Å². The molecular formula is C19H21N3O4. The minimum Gasteiger partial charge on any atom is -0.467 e. The summed E-state index contributed by atoms with van der Waals surface area (Å²) < 4.78 is 5.14. The summed E-state index contributed by atoms with van der Waals surface area (Å²) in [5.41, 5.74) is 0.882. The standard InChI is InChI=1S/C19H21N3O4/c1-13(14-6-3-2-4-7-14)22-18(24)16(21-19(22)25)9-10-17(23)20-12-15-8-5-11-26-15/h2-8,11,13,16H,9-10,12H2,1H3,(H,20,23)(H,21,25)/t13-,16-/m0/s1. The Morgan fingerprint density at radius 2 is 2.00 bits per heavy atom. The highest BCUT2D eigenvalue weighted by molar-refractivity contribution is 6.04. The van der Waals surface area contributed by atoms with Gasteiger partial charge in [0.05, 0.1) is 18.8 Å². The predicted octanol–water partition coefficient (Wildman–Crippen LogP) is 2.36. The van der Waals surface area contributed by atoms with Crippen molar-refractivity contribution in [1.29, 1.82) is 0 Å². The van der Waals surface area contributed by atoms with Gasteiger partial charge < -0.3 is 15.1 Å². The van der Waals surface area contributed by atoms with E-state index in [-0.39, 0.29) is 30.7 Å². The van der Waals surface area contributed by atoms with Crippen LogP contribution in [0, 0.1) is 0 Å². The number of urea groups is 1. The van der Waals surface area contributed by atoms with Crippen LogP contribution in [0.4, 0.5) is 4.79 Å². The van der Waals surface area contributed by atoms with Gasteiger partial charge in [-0.25, -0.2) is 4.79 Å². The Balaban J connectivity index is 1.52. The van der Waals surface area contributed by atoms with Gasteiger partial charge in [-0.1, -0.05) is 30.3 Å². The summed E-state index contributed by atoms with van der Waals surface area (Å²) in [6.07, 6.45) is 1.94. The van der Waals surface area contributed by atoms with Crippen LogP contribution in [0.5, 0.6) is 0 Å². The van der Waals surface area contributed by atoms with E-state index in [9.17, 15) is 14.4 Å². The molecule has 2 N–H and O–H groups in total. The van der Waals surface area contributed by atoms with E-state index in [0.717, 1.165) is 5.56 Å². The lowest BCUT2D eigenvalue weighted by molar-refractivity contribution is -0.129. The van der Waals surface area contributed by atoms with Crippen LogP contribution in [-0.4, -0.2) is 28.8 Å². The summed E-state index contributed by atoms with van der Waals surface area (Å²) in [5, 5.41) is 5.39. The molecule has 7 heteroatoms. The van der Waals surface area contributed by atoms with Gasteiger partial charge in [-0.05, 0) is 31.0 Å². The molecule has 26 heavy (non-hydrogen) atoms. The van der Waals surface area contributed by atoms with Crippen molar-refractivity contribution < 1.29 is 18.8 Å². The zero-order valence-corrected chi connectivity index (χ0v) is 14.5. The molecule has 1 aromatic carbocycles. The predicted molar refractivity (Wildman–Crippen MR) is 93.8 cm³/mol. The summed E-state index contributed by atoms with van der Waals surface area (Å²) in [4.78, 5) is 38.0. The molecule has 1 aliphatic heterocycles. The van der Waals surface area contributed by atoms with Crippen molar-refractivity contribution in [2.24, 2.45) is 0 Å². The number of hydrogen-bond acceptors (Lipinski definition) is 4. The lowest BCUT2D eigenvalue weighted by Gasteiger charge is -2.21. The van der Waals surface area contributed by atoms with E-state index in [1.165, 1.54) is 11.2 Å². The number of benzene rings is 1. The van der Waals surface area contributed by atoms with Crippen molar-refractivity contribution in [3.63, 3.8) is 0 Å². The van der Waals surface area contributed by atoms with Crippen LogP contribution in [0.15, 0.2) is 53.1 Å². The highest BCUT2D eigenvalue weighted by Gasteiger charge is 2.40. The van der Waals surface area contributed by atoms with Crippen molar-refractivity contribution >= 4 is 17.8 Å². The van der Waals surface area contributed by atoms with Crippen LogP contribution >= 0.6 is 0 Å². The Morgan fingerprint density at radius 3 is 2.69 bits per heavy atom. The average molecular weight is 355 g/mol. The van der Waals surface area contributed by atoms with Crippen LogP contribution in [0.25, 0.3) is 0 Å². The van der Waals surface area contributed by atoms with Gasteiger partial charge in [0, 0.05) is 6.42 Å². The van der Waals surface area contributed by atoms with Gasteiger partial charge in [0.2, 0.25) is 5.91 Å². The van der Waals surface area contributed by atoms with Crippen molar-refractivity contribution in [1.82, 2.24) is 15.5 Å². The number of furan rings is 1. The highest BCUT2D eigenvalue weighted by atomic mass is 16.3. The first-order valence-corrected chi connectivity index (χ1v) is 8.54. The molecule has 0 aliphatic carbocycles. The topological polar surface area (TPSA) is 91.7 Å². The van der Waals surface area contributed by atoms with Gasteiger partial charge in [-0.3, -0.25) is 14.5 Å². The van der Waals surface area contributed by atoms with E-state index in [0.29, 0.717) is 12.3 Å². The fourth-order valence-corrected chi connectivity index (χ4v) is 2.95. The molecule has 0 spiro atoms. The van der Waals surface area contributed by atoms with Crippen LogP contribution < -0.4 is 10.6 Å². The SMILES string of the molecule is C[C@@H](c1ccccc1)N1C(=O)N[C@@H](CCC(=O)NCc2ccco2)C1=O. The molecule has 136 valence electrons. The molecule has 2 atom stereocenters. The molecule has 0 saturated carbocycles. The smallest absolute Gasteiger partial charge is 0.325 e. The molecule has 4 amide bonds. The second-order valence-corrected chi connectivity index (χ2v) is 6.19. The quantitative estimate of drug-likeness (QED) is 0.746. The zero-order valence-electron chi connectivity index (χ0n) is 14.5. The van der Waals surface area contributed by atoms with Crippen LogP contribution in [-0.2, 0) is 16.1 Å². The third-order valence-corrected chi connectivity index (χ3v) is 4.42. The monoisotopic (exact) mass is 355 g/mol. The number of imide groups is 1. The molecule has 2 heterocycles. The van der Waals surface area contributed by atoms with Gasteiger partial charge in [0.1, 0.15) is 11.8 Å². The Labute approximate surface area is 151 Å². The third kappa shape index (κ3) is 3.93. The second kappa shape index (κ2) is 7.86. The average Bonchev–Trinajstić information content (AvgIpc) is 3.26. The summed E-state index contributed by atoms with van der Waals surface area (Å²) >= 11 is 0. The molecule has 1 saturated heterocycles. The van der Waals surface area contributed by atoms with Crippen molar-refractivity contribution in [3.8, 4) is 0 Å². The highest BCUT2D eigenvalue weighted by Crippen LogP contribution is 2.25. The van der Waals surface area contributed by atoms with Crippen molar-refractivity contribution in [2.75, 3.05) is 0 Å². The largest absolute Gasteiger partial charge is 0.467 e. The Morgan fingerprint density at radius 1 is 1.23 bits per heavy atom. The van der Waals surface area contributed by atoms with E-state index in [4.69, 9.17) is 4.42 Å². The number of nitrogens with one attached hydrogen (secondary N) is 2. The van der Waals surface area contributed by atoms with E-state index >= 15 is 0 Å². The zero-order chi connectivity index (χ0) is 18.5. The molecular weight excluding hydrogens is 334 g/mol. The lowest BCUT2D eigenvalue weighted by atomic mass is 10.1. The fraction of sp³-hybridized carbons (Fsp3) is 0.316. The molecule has 0 unspecified atom stereocenters. The fourth-order valence-electron chi connectivity index (χ4n) is 2.95. The van der Waals surface area contributed by atoms with E-state index in [1.807, 2.05) is 37.3 Å². The number of rotatable bonds is 7. The van der Waals surface area contributed by atoms with Crippen molar-refractivity contribution in [3.05, 3.63) is 60.1 Å². The van der Waals surface area contributed by atoms with Crippen LogP contribution in [0.2, 0.25) is 0 Å². The molecule has 7 nitrogen and oxygen atoms in total. The molecule has 1 aliphatic rings. The van der Waals surface area contributed by atoms with E-state index < -0.39 is 12.1 Å². The molecule has 3 rings (SSSR count). The summed E-state index contributed by atoms with van der Waals surface area (Å²) in [7, 11) is 0. The number of hydrogen-bond donors (Lipinski definition) is 2. The van der Waals surface area contributed by atoms with Crippen molar-refractivity contribution in [2.45, 2.75) is 38.4 Å². The Bertz CT molecular complexity index is 773. The second-order valence-electron chi connectivity index (χ2n) is 6.19. The first kappa shape index (κ1) is 17.7. The first-order valence-electron chi connectivity index (χ1n) is 8.54. The van der Waals surface area contributed by atoms with Gasteiger partial charge in [-0.15, -0.1) is 0 Å². The van der Waals surface area contributed by atoms with Gasteiger partial charge in [-0.2, -0.15) is 0 Å². The maximum absolute atomic E-state index is 12.6. The van der Waals surface area contributed by atoms with E-state index in [2.05, 4.69) is 10.6 Å². The normalized spacial score (nSPS) is 17.9. The lowest BCUT2D eigenvalue weighted by Crippen LogP contribution is -2.34. The van der Waals surface area contributed by atoms with E-state index in [1.54, 1.807) is 12.1 Å². The van der Waals surface area contributed by atoms with Crippen LogP contribution in [0.3, 0.4) is 0 Å². The maximum atomic E-state index is 12.6. The minimum atomic E-state index is -0.678. The summed E-state index contributed by atoms with van der Waals surface area (Å²) in [6, 6.07) is 11.4. The number of carbonyl (C=O) groups excluding carboxylic acids is 3. The Hall–Kier alpha value is -3.09. The minimum absolute atomic E-state index is 0.144. The Kier molecular flexibility index (Phi) is 5.36. The molecule has 1 fully saturated rings. The molecule has 2 aromatic rings. The number of amides is 4. The molecule has 0 bridgehead atoms. The number of nitrogens with zero attached hydrogens (tertiary/aromatic N) is 1. The maximum Gasteiger partial charge on any atom is 0.325 e. The van der Waals surface area contributed by atoms with Crippen LogP contribution in [0.1, 0.15) is 37.1 Å². The number of carbonyl (C=O) groups is 3.